The minimum absolute atomic E-state index is 0.124. The fourth-order valence-corrected chi connectivity index (χ4v) is 2.37. The van der Waals surface area contributed by atoms with Gasteiger partial charge in [-0.3, -0.25) is 4.79 Å². The van der Waals surface area contributed by atoms with Gasteiger partial charge in [-0.2, -0.15) is 15.4 Å². The second-order valence-corrected chi connectivity index (χ2v) is 6.72. The highest BCUT2D eigenvalue weighted by Crippen LogP contribution is 2.22. The Morgan fingerprint density at radius 1 is 1.04 bits per heavy atom. The van der Waals surface area contributed by atoms with Gasteiger partial charge in [-0.25, -0.2) is 0 Å². The molecule has 0 aliphatic rings. The van der Waals surface area contributed by atoms with Gasteiger partial charge in [-0.15, -0.1) is 0 Å². The van der Waals surface area contributed by atoms with E-state index in [4.69, 9.17) is 0 Å². The number of hydrogen-bond donors (Lipinski definition) is 2. The molecule has 0 saturated heterocycles. The molecule has 0 radical (unpaired) electrons. The quantitative estimate of drug-likeness (QED) is 0.719. The first kappa shape index (κ1) is 15.9. The van der Waals surface area contributed by atoms with Crippen molar-refractivity contribution in [2.75, 3.05) is 5.32 Å². The first-order valence-corrected chi connectivity index (χ1v) is 7.82. The number of rotatable bonds is 3. The Hall–Kier alpha value is -2.95. The summed E-state index contributed by atoms with van der Waals surface area (Å²) >= 11 is 0. The largest absolute Gasteiger partial charge is 0.322 e. The predicted molar refractivity (Wildman–Crippen MR) is 96.7 cm³/mol. The van der Waals surface area contributed by atoms with Crippen LogP contribution in [0.25, 0.3) is 17.1 Å². The minimum atomic E-state index is -0.183. The van der Waals surface area contributed by atoms with E-state index < -0.39 is 0 Å². The molecular weight excluding hydrogens is 300 g/mol. The number of carbonyl (C=O) groups is 1. The van der Waals surface area contributed by atoms with Gasteiger partial charge in [0.05, 0.1) is 0 Å². The monoisotopic (exact) mass is 320 g/mol. The highest BCUT2D eigenvalue weighted by Gasteiger charge is 2.12. The zero-order valence-corrected chi connectivity index (χ0v) is 14.0. The highest BCUT2D eigenvalue weighted by atomic mass is 16.1. The van der Waals surface area contributed by atoms with E-state index in [2.05, 4.69) is 53.6 Å². The van der Waals surface area contributed by atoms with E-state index >= 15 is 0 Å². The van der Waals surface area contributed by atoms with E-state index in [1.54, 1.807) is 18.2 Å². The van der Waals surface area contributed by atoms with Crippen molar-refractivity contribution in [3.05, 3.63) is 59.7 Å². The molecule has 0 spiro atoms. The summed E-state index contributed by atoms with van der Waals surface area (Å²) in [4.78, 5) is 12.0. The van der Waals surface area contributed by atoms with Crippen LogP contribution in [0.5, 0.6) is 0 Å². The van der Waals surface area contributed by atoms with Gasteiger partial charge in [0.2, 0.25) is 5.91 Å². The number of aromatic amines is 1. The Balaban J connectivity index is 1.66. The summed E-state index contributed by atoms with van der Waals surface area (Å²) in [6.45, 7) is 6.53. The van der Waals surface area contributed by atoms with Crippen LogP contribution in [0.3, 0.4) is 0 Å². The molecule has 0 aliphatic carbocycles. The Bertz CT molecular complexity index is 886. The van der Waals surface area contributed by atoms with Crippen molar-refractivity contribution < 1.29 is 4.79 Å². The van der Waals surface area contributed by atoms with Crippen molar-refractivity contribution in [1.82, 2.24) is 15.4 Å². The van der Waals surface area contributed by atoms with Crippen molar-refractivity contribution in [3.63, 3.8) is 0 Å². The van der Waals surface area contributed by atoms with Gasteiger partial charge >= 0.3 is 0 Å². The van der Waals surface area contributed by atoms with Gasteiger partial charge < -0.3 is 5.32 Å². The first-order chi connectivity index (χ1) is 11.4. The Morgan fingerprint density at radius 2 is 1.75 bits per heavy atom. The van der Waals surface area contributed by atoms with Gasteiger partial charge in [0.15, 0.2) is 0 Å². The molecule has 2 aromatic carbocycles. The number of carbonyl (C=O) groups excluding carboxylic acids is 1. The number of H-pyrrole nitrogens is 1. The van der Waals surface area contributed by atoms with Crippen molar-refractivity contribution in [2.24, 2.45) is 0 Å². The molecule has 1 heterocycles. The first-order valence-electron chi connectivity index (χ1n) is 7.82. The average Bonchev–Trinajstić information content (AvgIpc) is 3.00. The molecular formula is C19H20N4O. The fourth-order valence-electron chi connectivity index (χ4n) is 2.37. The number of benzene rings is 2. The zero-order chi connectivity index (χ0) is 17.2. The summed E-state index contributed by atoms with van der Waals surface area (Å²) in [5.74, 6) is -0.183. The van der Waals surface area contributed by atoms with Gasteiger partial charge in [0, 0.05) is 11.8 Å². The molecule has 0 unspecified atom stereocenters. The fraction of sp³-hybridized carbons (Fsp3) is 0.211. The number of anilines is 1. The number of fused-ring (bicyclic) bond motifs is 1. The van der Waals surface area contributed by atoms with Crippen LogP contribution in [0, 0.1) is 0 Å². The van der Waals surface area contributed by atoms with E-state index in [1.807, 2.05) is 18.2 Å². The van der Waals surface area contributed by atoms with Gasteiger partial charge in [0.1, 0.15) is 11.0 Å². The summed E-state index contributed by atoms with van der Waals surface area (Å²) in [5.41, 5.74) is 4.56. The third kappa shape index (κ3) is 3.68. The number of hydrogen-bond acceptors (Lipinski definition) is 3. The summed E-state index contributed by atoms with van der Waals surface area (Å²) in [6, 6.07) is 13.6. The lowest BCUT2D eigenvalue weighted by Crippen LogP contribution is -2.10. The summed E-state index contributed by atoms with van der Waals surface area (Å²) < 4.78 is 0. The van der Waals surface area contributed by atoms with E-state index in [0.29, 0.717) is 5.69 Å². The number of nitrogens with zero attached hydrogens (tertiary/aromatic N) is 2. The van der Waals surface area contributed by atoms with Crippen molar-refractivity contribution in [3.8, 4) is 0 Å². The van der Waals surface area contributed by atoms with Crippen molar-refractivity contribution in [2.45, 2.75) is 26.2 Å². The molecule has 3 rings (SSSR count). The Morgan fingerprint density at radius 3 is 2.46 bits per heavy atom. The molecule has 0 saturated carbocycles. The molecule has 0 bridgehead atoms. The van der Waals surface area contributed by atoms with Crippen LogP contribution in [-0.2, 0) is 10.2 Å². The van der Waals surface area contributed by atoms with Crippen LogP contribution in [0.1, 0.15) is 31.9 Å². The third-order valence-electron chi connectivity index (χ3n) is 3.79. The lowest BCUT2D eigenvalue weighted by atomic mass is 9.87. The normalized spacial score (nSPS) is 12.0. The van der Waals surface area contributed by atoms with Gasteiger partial charge in [0.25, 0.3) is 0 Å². The standard InChI is InChI=1S/C19H20N4O/c1-19(2,3)14-7-4-13(5-8-14)6-11-18(24)20-15-9-10-16-17(12-15)22-23-21-16/h4-12H,1-3H3,(H,20,24)(H,21,22,23). The van der Waals surface area contributed by atoms with Crippen LogP contribution in [0.2, 0.25) is 0 Å². The average molecular weight is 320 g/mol. The summed E-state index contributed by atoms with van der Waals surface area (Å²) in [7, 11) is 0. The van der Waals surface area contributed by atoms with Crippen molar-refractivity contribution >= 4 is 28.7 Å². The molecule has 24 heavy (non-hydrogen) atoms. The lowest BCUT2D eigenvalue weighted by Gasteiger charge is -2.18. The van der Waals surface area contributed by atoms with Crippen molar-refractivity contribution in [1.29, 1.82) is 0 Å². The Kier molecular flexibility index (Phi) is 4.16. The molecule has 5 nitrogen and oxygen atoms in total. The third-order valence-corrected chi connectivity index (χ3v) is 3.79. The molecule has 122 valence electrons. The molecule has 2 N–H and O–H groups in total. The van der Waals surface area contributed by atoms with E-state index in [1.165, 1.54) is 11.6 Å². The van der Waals surface area contributed by atoms with Crippen LogP contribution in [-0.4, -0.2) is 21.3 Å². The smallest absolute Gasteiger partial charge is 0.248 e. The number of nitrogens with one attached hydrogen (secondary N) is 2. The summed E-state index contributed by atoms with van der Waals surface area (Å²) in [5, 5.41) is 13.4. The molecule has 1 aromatic heterocycles. The predicted octanol–water partition coefficient (Wildman–Crippen LogP) is 3.91. The Labute approximate surface area is 140 Å². The molecule has 3 aromatic rings. The van der Waals surface area contributed by atoms with E-state index in [-0.39, 0.29) is 11.3 Å². The maximum atomic E-state index is 12.0. The summed E-state index contributed by atoms with van der Waals surface area (Å²) in [6.07, 6.45) is 3.33. The number of aromatic nitrogens is 3. The topological polar surface area (TPSA) is 70.7 Å². The second kappa shape index (κ2) is 6.28. The lowest BCUT2D eigenvalue weighted by molar-refractivity contribution is -0.111. The number of amides is 1. The molecule has 0 fully saturated rings. The maximum Gasteiger partial charge on any atom is 0.248 e. The van der Waals surface area contributed by atoms with Gasteiger partial charge in [-0.1, -0.05) is 45.0 Å². The molecule has 5 heteroatoms. The second-order valence-electron chi connectivity index (χ2n) is 6.72. The minimum Gasteiger partial charge on any atom is -0.322 e. The zero-order valence-electron chi connectivity index (χ0n) is 14.0. The van der Waals surface area contributed by atoms with Crippen LogP contribution in [0.4, 0.5) is 5.69 Å². The highest BCUT2D eigenvalue weighted by molar-refractivity contribution is 6.02. The van der Waals surface area contributed by atoms with Crippen LogP contribution < -0.4 is 5.32 Å². The maximum absolute atomic E-state index is 12.0. The van der Waals surface area contributed by atoms with E-state index in [0.717, 1.165) is 16.6 Å². The van der Waals surface area contributed by atoms with E-state index in [9.17, 15) is 4.79 Å². The van der Waals surface area contributed by atoms with Gasteiger partial charge in [-0.05, 0) is 40.8 Å². The molecule has 1 amide bonds. The SMILES string of the molecule is CC(C)(C)c1ccc(C=CC(=O)Nc2ccc3n[nH]nc3c2)cc1. The molecule has 0 aliphatic heterocycles. The van der Waals surface area contributed by atoms with Crippen LogP contribution >= 0.6 is 0 Å². The molecule has 0 atom stereocenters. The van der Waals surface area contributed by atoms with Crippen LogP contribution in [0.15, 0.2) is 48.5 Å².